The number of nitrogens with zero attached hydrogens (tertiary/aromatic N) is 1. The topological polar surface area (TPSA) is 82.7 Å². The number of urea groups is 1. The van der Waals surface area contributed by atoms with Crippen LogP contribution in [0.5, 0.6) is 0 Å². The first-order valence-corrected chi connectivity index (χ1v) is 9.25. The summed E-state index contributed by atoms with van der Waals surface area (Å²) in [6, 6.07) is 7.55. The van der Waals surface area contributed by atoms with E-state index in [0.717, 1.165) is 50.1 Å². The Bertz CT molecular complexity index is 586. The molecule has 0 aliphatic carbocycles. The number of hydrogen-bond acceptors (Lipinski definition) is 4. The van der Waals surface area contributed by atoms with Crippen molar-refractivity contribution >= 4 is 17.6 Å². The fourth-order valence-electron chi connectivity index (χ4n) is 3.02. The molecule has 144 valence electrons. The van der Waals surface area contributed by atoms with Gasteiger partial charge in [0.05, 0.1) is 13.2 Å². The Morgan fingerprint density at radius 1 is 1.27 bits per heavy atom. The number of hydrogen-bond donors (Lipinski definition) is 3. The second-order valence-electron chi connectivity index (χ2n) is 6.63. The zero-order valence-electron chi connectivity index (χ0n) is 15.7. The van der Waals surface area contributed by atoms with E-state index < -0.39 is 0 Å². The SMILES string of the molecule is CCCNC(=O)CN1CCC(NC(=O)Nc2cccc(COC)c2)CC1. The van der Waals surface area contributed by atoms with Crippen LogP contribution in [0.15, 0.2) is 24.3 Å². The quantitative estimate of drug-likeness (QED) is 0.660. The van der Waals surface area contributed by atoms with Gasteiger partial charge in [0.1, 0.15) is 0 Å². The van der Waals surface area contributed by atoms with Crippen molar-refractivity contribution in [2.45, 2.75) is 38.8 Å². The molecule has 7 nitrogen and oxygen atoms in total. The van der Waals surface area contributed by atoms with E-state index in [4.69, 9.17) is 4.74 Å². The molecule has 1 saturated heterocycles. The smallest absolute Gasteiger partial charge is 0.319 e. The Hall–Kier alpha value is -2.12. The minimum Gasteiger partial charge on any atom is -0.380 e. The van der Waals surface area contributed by atoms with Crippen molar-refractivity contribution in [3.05, 3.63) is 29.8 Å². The highest BCUT2D eigenvalue weighted by Gasteiger charge is 2.22. The number of methoxy groups -OCH3 is 1. The molecule has 3 N–H and O–H groups in total. The number of nitrogens with one attached hydrogen (secondary N) is 3. The molecule has 0 radical (unpaired) electrons. The van der Waals surface area contributed by atoms with E-state index >= 15 is 0 Å². The Kier molecular flexibility index (Phi) is 8.37. The molecule has 1 aromatic rings. The Balaban J connectivity index is 1.71. The van der Waals surface area contributed by atoms with Crippen LogP contribution in [0.4, 0.5) is 10.5 Å². The highest BCUT2D eigenvalue weighted by atomic mass is 16.5. The summed E-state index contributed by atoms with van der Waals surface area (Å²) in [7, 11) is 1.65. The summed E-state index contributed by atoms with van der Waals surface area (Å²) < 4.78 is 5.11. The fourth-order valence-corrected chi connectivity index (χ4v) is 3.02. The summed E-state index contributed by atoms with van der Waals surface area (Å²) in [6.45, 7) is 5.34. The van der Waals surface area contributed by atoms with Crippen molar-refractivity contribution in [3.8, 4) is 0 Å². The average Bonchev–Trinajstić information content (AvgIpc) is 2.62. The van der Waals surface area contributed by atoms with Crippen molar-refractivity contribution < 1.29 is 14.3 Å². The molecule has 1 aromatic carbocycles. The second-order valence-corrected chi connectivity index (χ2v) is 6.63. The minimum absolute atomic E-state index is 0.0759. The maximum atomic E-state index is 12.2. The van der Waals surface area contributed by atoms with Crippen LogP contribution in [-0.2, 0) is 16.1 Å². The molecule has 0 spiro atoms. The summed E-state index contributed by atoms with van der Waals surface area (Å²) in [4.78, 5) is 26.1. The maximum absolute atomic E-state index is 12.2. The Morgan fingerprint density at radius 2 is 2.04 bits per heavy atom. The average molecular weight is 362 g/mol. The molecule has 1 heterocycles. The van der Waals surface area contributed by atoms with Crippen LogP contribution < -0.4 is 16.0 Å². The van der Waals surface area contributed by atoms with Gasteiger partial charge in [-0.1, -0.05) is 19.1 Å². The molecule has 0 atom stereocenters. The number of rotatable bonds is 8. The first-order valence-electron chi connectivity index (χ1n) is 9.25. The second kappa shape index (κ2) is 10.8. The van der Waals surface area contributed by atoms with Gasteiger partial charge < -0.3 is 20.7 Å². The van der Waals surface area contributed by atoms with Crippen LogP contribution in [0.1, 0.15) is 31.7 Å². The monoisotopic (exact) mass is 362 g/mol. The van der Waals surface area contributed by atoms with Gasteiger partial charge in [0.15, 0.2) is 0 Å². The fraction of sp³-hybridized carbons (Fsp3) is 0.579. The maximum Gasteiger partial charge on any atom is 0.319 e. The molecule has 1 aliphatic rings. The lowest BCUT2D eigenvalue weighted by Gasteiger charge is -2.31. The van der Waals surface area contributed by atoms with Crippen LogP contribution >= 0.6 is 0 Å². The highest BCUT2D eigenvalue weighted by Crippen LogP contribution is 2.13. The van der Waals surface area contributed by atoms with Gasteiger partial charge in [0, 0.05) is 38.5 Å². The zero-order valence-corrected chi connectivity index (χ0v) is 15.7. The van der Waals surface area contributed by atoms with Crippen LogP contribution in [0.25, 0.3) is 0 Å². The first-order chi connectivity index (χ1) is 12.6. The predicted molar refractivity (Wildman–Crippen MR) is 102 cm³/mol. The lowest BCUT2D eigenvalue weighted by Crippen LogP contribution is -2.48. The van der Waals surface area contributed by atoms with E-state index in [1.165, 1.54) is 0 Å². The molecule has 1 fully saturated rings. The molecule has 0 unspecified atom stereocenters. The van der Waals surface area contributed by atoms with Crippen molar-refractivity contribution in [1.29, 1.82) is 0 Å². The van der Waals surface area contributed by atoms with E-state index in [-0.39, 0.29) is 18.0 Å². The van der Waals surface area contributed by atoms with Crippen molar-refractivity contribution in [2.24, 2.45) is 0 Å². The third-order valence-corrected chi connectivity index (χ3v) is 4.36. The van der Waals surface area contributed by atoms with Gasteiger partial charge in [-0.25, -0.2) is 4.79 Å². The van der Waals surface area contributed by atoms with Crippen molar-refractivity contribution in [2.75, 3.05) is 38.6 Å². The summed E-state index contributed by atoms with van der Waals surface area (Å²) >= 11 is 0. The van der Waals surface area contributed by atoms with Gasteiger partial charge in [-0.3, -0.25) is 9.69 Å². The number of ether oxygens (including phenoxy) is 1. The van der Waals surface area contributed by atoms with Crippen molar-refractivity contribution in [1.82, 2.24) is 15.5 Å². The standard InChI is InChI=1S/C19H30N4O3/c1-3-9-20-18(24)13-23-10-7-16(8-11-23)21-19(25)22-17-6-4-5-15(12-17)14-26-2/h4-6,12,16H,3,7-11,13-14H2,1-2H3,(H,20,24)(H2,21,22,25). The van der Waals surface area contributed by atoms with Gasteiger partial charge in [-0.15, -0.1) is 0 Å². The molecule has 0 aromatic heterocycles. The number of amides is 3. The molecule has 7 heteroatoms. The van der Waals surface area contributed by atoms with Crippen LogP contribution in [0.3, 0.4) is 0 Å². The first kappa shape index (κ1) is 20.2. The number of anilines is 1. The van der Waals surface area contributed by atoms with Crippen LogP contribution in [0.2, 0.25) is 0 Å². The zero-order chi connectivity index (χ0) is 18.8. The van der Waals surface area contributed by atoms with Gasteiger partial charge >= 0.3 is 6.03 Å². The lowest BCUT2D eigenvalue weighted by molar-refractivity contribution is -0.122. The van der Waals surface area contributed by atoms with E-state index in [9.17, 15) is 9.59 Å². The Labute approximate surface area is 155 Å². The van der Waals surface area contributed by atoms with Gasteiger partial charge in [0.2, 0.25) is 5.91 Å². The molecule has 2 rings (SSSR count). The van der Waals surface area contributed by atoms with E-state index in [0.29, 0.717) is 13.2 Å². The molecule has 1 aliphatic heterocycles. The Morgan fingerprint density at radius 3 is 2.73 bits per heavy atom. The van der Waals surface area contributed by atoms with E-state index in [1.807, 2.05) is 31.2 Å². The van der Waals surface area contributed by atoms with Gasteiger partial charge in [0.25, 0.3) is 0 Å². The molecular formula is C19H30N4O3. The molecule has 3 amide bonds. The van der Waals surface area contributed by atoms with Crippen molar-refractivity contribution in [3.63, 3.8) is 0 Å². The summed E-state index contributed by atoms with van der Waals surface area (Å²) in [5.74, 6) is 0.0759. The number of likely N-dealkylation sites (tertiary alicyclic amines) is 1. The molecule has 0 bridgehead atoms. The van der Waals surface area contributed by atoms with Gasteiger partial charge in [-0.05, 0) is 37.0 Å². The molecule has 0 saturated carbocycles. The van der Waals surface area contributed by atoms with E-state index in [2.05, 4.69) is 20.9 Å². The summed E-state index contributed by atoms with van der Waals surface area (Å²) in [6.07, 6.45) is 2.64. The van der Waals surface area contributed by atoms with E-state index in [1.54, 1.807) is 7.11 Å². The van der Waals surface area contributed by atoms with Crippen LogP contribution in [-0.4, -0.2) is 56.2 Å². The molecular weight excluding hydrogens is 332 g/mol. The number of benzene rings is 1. The third-order valence-electron chi connectivity index (χ3n) is 4.36. The minimum atomic E-state index is -0.196. The number of carbonyl (C=O) groups is 2. The molecule has 26 heavy (non-hydrogen) atoms. The number of carbonyl (C=O) groups excluding carboxylic acids is 2. The third kappa shape index (κ3) is 7.01. The summed E-state index contributed by atoms with van der Waals surface area (Å²) in [5.41, 5.74) is 1.77. The summed E-state index contributed by atoms with van der Waals surface area (Å²) in [5, 5.41) is 8.78. The highest BCUT2D eigenvalue weighted by molar-refractivity contribution is 5.89. The number of piperidine rings is 1. The predicted octanol–water partition coefficient (Wildman–Crippen LogP) is 1.95. The van der Waals surface area contributed by atoms with Crippen LogP contribution in [0, 0.1) is 0 Å². The van der Waals surface area contributed by atoms with Gasteiger partial charge in [-0.2, -0.15) is 0 Å². The largest absolute Gasteiger partial charge is 0.380 e. The lowest BCUT2D eigenvalue weighted by atomic mass is 10.1. The normalized spacial score (nSPS) is 15.5.